The zero-order valence-electron chi connectivity index (χ0n) is 11.3. The molecule has 20 heavy (non-hydrogen) atoms. The first kappa shape index (κ1) is 12.3. The molecule has 1 aromatic carbocycles. The monoisotopic (exact) mass is 266 g/mol. The highest BCUT2D eigenvalue weighted by atomic mass is 16.1. The number of aryl methyl sites for hydroxylation is 2. The molecular formula is C15H14N4O. The highest BCUT2D eigenvalue weighted by Crippen LogP contribution is 2.21. The van der Waals surface area contributed by atoms with E-state index in [1.54, 1.807) is 19.4 Å². The van der Waals surface area contributed by atoms with Gasteiger partial charge in [0.2, 0.25) is 0 Å². The normalized spacial score (nSPS) is 10.7. The highest BCUT2D eigenvalue weighted by Gasteiger charge is 2.10. The molecule has 5 heteroatoms. The summed E-state index contributed by atoms with van der Waals surface area (Å²) in [7, 11) is 1.68. The zero-order chi connectivity index (χ0) is 14.1. The number of rotatable bonds is 2. The van der Waals surface area contributed by atoms with Crippen LogP contribution in [0.3, 0.4) is 0 Å². The van der Waals surface area contributed by atoms with Gasteiger partial charge in [-0.05, 0) is 24.6 Å². The third-order valence-electron chi connectivity index (χ3n) is 3.14. The number of hydrogen-bond acceptors (Lipinski definition) is 3. The van der Waals surface area contributed by atoms with Crippen molar-refractivity contribution < 1.29 is 0 Å². The van der Waals surface area contributed by atoms with Gasteiger partial charge in [0.15, 0.2) is 0 Å². The molecule has 0 aliphatic rings. The van der Waals surface area contributed by atoms with Gasteiger partial charge in [-0.1, -0.05) is 18.2 Å². The summed E-state index contributed by atoms with van der Waals surface area (Å²) in [6.45, 7) is 1.99. The summed E-state index contributed by atoms with van der Waals surface area (Å²) in [6, 6.07) is 9.90. The van der Waals surface area contributed by atoms with Gasteiger partial charge >= 0.3 is 5.69 Å². The molecule has 2 aromatic heterocycles. The largest absolute Gasteiger partial charge is 0.347 e. The number of para-hydroxylation sites is 1. The second kappa shape index (κ2) is 4.77. The fourth-order valence-corrected chi connectivity index (χ4v) is 2.09. The van der Waals surface area contributed by atoms with E-state index >= 15 is 0 Å². The number of nitrogens with zero attached hydrogens (tertiary/aromatic N) is 4. The number of hydrogen-bond donors (Lipinski definition) is 0. The van der Waals surface area contributed by atoms with E-state index in [0.29, 0.717) is 0 Å². The second-order valence-electron chi connectivity index (χ2n) is 4.68. The van der Waals surface area contributed by atoms with Crippen LogP contribution < -0.4 is 5.69 Å². The van der Waals surface area contributed by atoms with Crippen LogP contribution in [0.1, 0.15) is 5.56 Å². The van der Waals surface area contributed by atoms with Crippen LogP contribution in [0.4, 0.5) is 0 Å². The maximum absolute atomic E-state index is 11.3. The Labute approximate surface area is 116 Å². The van der Waals surface area contributed by atoms with E-state index in [0.717, 1.165) is 22.5 Å². The molecule has 0 spiro atoms. The molecule has 0 fully saturated rings. The Balaban J connectivity index is 2.09. The van der Waals surface area contributed by atoms with Crippen LogP contribution >= 0.6 is 0 Å². The topological polar surface area (TPSA) is 52.7 Å². The van der Waals surface area contributed by atoms with E-state index in [1.165, 1.54) is 4.57 Å². The van der Waals surface area contributed by atoms with Crippen molar-refractivity contribution in [3.63, 3.8) is 0 Å². The first-order valence-corrected chi connectivity index (χ1v) is 6.30. The first-order valence-electron chi connectivity index (χ1n) is 6.30. The Morgan fingerprint density at radius 3 is 2.55 bits per heavy atom. The molecule has 0 aliphatic heterocycles. The van der Waals surface area contributed by atoms with Crippen LogP contribution in [0, 0.1) is 6.92 Å². The fourth-order valence-electron chi connectivity index (χ4n) is 2.09. The number of aromatic nitrogens is 4. The minimum absolute atomic E-state index is 0.270. The van der Waals surface area contributed by atoms with E-state index in [-0.39, 0.29) is 5.69 Å². The molecule has 2 heterocycles. The van der Waals surface area contributed by atoms with Gasteiger partial charge in [0.05, 0.1) is 11.4 Å². The molecular weight excluding hydrogens is 252 g/mol. The molecule has 0 saturated heterocycles. The summed E-state index contributed by atoms with van der Waals surface area (Å²) in [4.78, 5) is 15.2. The molecule has 0 bridgehead atoms. The van der Waals surface area contributed by atoms with Crippen molar-refractivity contribution in [3.8, 4) is 16.9 Å². The minimum atomic E-state index is -0.270. The predicted octanol–water partition coefficient (Wildman–Crippen LogP) is 1.94. The Morgan fingerprint density at radius 2 is 1.85 bits per heavy atom. The van der Waals surface area contributed by atoms with Crippen molar-refractivity contribution in [2.24, 2.45) is 7.05 Å². The molecule has 0 saturated carbocycles. The van der Waals surface area contributed by atoms with Crippen molar-refractivity contribution in [3.05, 3.63) is 65.0 Å². The van der Waals surface area contributed by atoms with Crippen LogP contribution in [-0.4, -0.2) is 19.3 Å². The van der Waals surface area contributed by atoms with Crippen molar-refractivity contribution in [1.29, 1.82) is 0 Å². The molecule has 0 unspecified atom stereocenters. The Bertz CT molecular complexity index is 802. The molecule has 0 atom stereocenters. The van der Waals surface area contributed by atoms with Gasteiger partial charge in [0.25, 0.3) is 0 Å². The quantitative estimate of drug-likeness (QED) is 0.712. The standard InChI is InChI=1S/C15H14N4O/c1-11-9-19(13-6-4-3-5-7-13)17-14(11)12-8-16-15(20)18(2)10-12/h3-10H,1-2H3. The summed E-state index contributed by atoms with van der Waals surface area (Å²) in [5, 5.41) is 4.58. The average Bonchev–Trinajstić information content (AvgIpc) is 2.85. The van der Waals surface area contributed by atoms with Crippen LogP contribution in [0.15, 0.2) is 53.7 Å². The number of benzene rings is 1. The van der Waals surface area contributed by atoms with Gasteiger partial charge in [-0.15, -0.1) is 0 Å². The molecule has 5 nitrogen and oxygen atoms in total. The molecule has 3 rings (SSSR count). The second-order valence-corrected chi connectivity index (χ2v) is 4.68. The van der Waals surface area contributed by atoms with E-state index in [1.807, 2.05) is 48.1 Å². The Kier molecular flexibility index (Phi) is 2.95. The minimum Gasteiger partial charge on any atom is -0.302 e. The summed E-state index contributed by atoms with van der Waals surface area (Å²) < 4.78 is 3.28. The van der Waals surface area contributed by atoms with Crippen LogP contribution in [0.2, 0.25) is 0 Å². The molecule has 0 N–H and O–H groups in total. The lowest BCUT2D eigenvalue weighted by atomic mass is 10.2. The van der Waals surface area contributed by atoms with Crippen LogP contribution in [0.25, 0.3) is 16.9 Å². The zero-order valence-corrected chi connectivity index (χ0v) is 11.3. The van der Waals surface area contributed by atoms with Gasteiger partial charge in [-0.25, -0.2) is 14.5 Å². The molecule has 0 amide bonds. The van der Waals surface area contributed by atoms with E-state index < -0.39 is 0 Å². The molecule has 3 aromatic rings. The van der Waals surface area contributed by atoms with Gasteiger partial charge in [-0.2, -0.15) is 5.10 Å². The summed E-state index contributed by atoms with van der Waals surface area (Å²) >= 11 is 0. The maximum atomic E-state index is 11.3. The van der Waals surface area contributed by atoms with Crippen molar-refractivity contribution >= 4 is 0 Å². The smallest absolute Gasteiger partial charge is 0.302 e. The average molecular weight is 266 g/mol. The lowest BCUT2D eigenvalue weighted by Gasteiger charge is -2.01. The van der Waals surface area contributed by atoms with Gasteiger partial charge in [0, 0.05) is 31.2 Å². The van der Waals surface area contributed by atoms with E-state index in [9.17, 15) is 4.79 Å². The first-order chi connectivity index (χ1) is 9.65. The maximum Gasteiger partial charge on any atom is 0.347 e. The van der Waals surface area contributed by atoms with Crippen LogP contribution in [-0.2, 0) is 7.05 Å². The fraction of sp³-hybridized carbons (Fsp3) is 0.133. The highest BCUT2D eigenvalue weighted by molar-refractivity contribution is 5.60. The van der Waals surface area contributed by atoms with Crippen molar-refractivity contribution in [2.75, 3.05) is 0 Å². The van der Waals surface area contributed by atoms with Crippen molar-refractivity contribution in [2.45, 2.75) is 6.92 Å². The van der Waals surface area contributed by atoms with E-state index in [2.05, 4.69) is 10.1 Å². The summed E-state index contributed by atoms with van der Waals surface area (Å²) in [5.74, 6) is 0. The summed E-state index contributed by atoms with van der Waals surface area (Å²) in [6.07, 6.45) is 5.28. The Hall–Kier alpha value is -2.69. The molecule has 0 radical (unpaired) electrons. The lowest BCUT2D eigenvalue weighted by molar-refractivity contribution is 0.809. The molecule has 100 valence electrons. The SMILES string of the molecule is Cc1cn(-c2ccccc2)nc1-c1cnc(=O)n(C)c1. The summed E-state index contributed by atoms with van der Waals surface area (Å²) in [5.41, 5.74) is 3.43. The predicted molar refractivity (Wildman–Crippen MR) is 76.8 cm³/mol. The van der Waals surface area contributed by atoms with Gasteiger partial charge < -0.3 is 4.57 Å². The van der Waals surface area contributed by atoms with Crippen molar-refractivity contribution in [1.82, 2.24) is 19.3 Å². The third kappa shape index (κ3) is 2.14. The van der Waals surface area contributed by atoms with Gasteiger partial charge in [0.1, 0.15) is 0 Å². The van der Waals surface area contributed by atoms with Crippen LogP contribution in [0.5, 0.6) is 0 Å². The van der Waals surface area contributed by atoms with Gasteiger partial charge in [-0.3, -0.25) is 0 Å². The molecule has 0 aliphatic carbocycles. The lowest BCUT2D eigenvalue weighted by Crippen LogP contribution is -2.18. The Morgan fingerprint density at radius 1 is 1.10 bits per heavy atom. The third-order valence-corrected chi connectivity index (χ3v) is 3.14. The van der Waals surface area contributed by atoms with E-state index in [4.69, 9.17) is 0 Å².